The van der Waals surface area contributed by atoms with Crippen molar-refractivity contribution in [2.45, 2.75) is 0 Å². The van der Waals surface area contributed by atoms with Gasteiger partial charge in [0.2, 0.25) is 0 Å². The van der Waals surface area contributed by atoms with Crippen LogP contribution < -0.4 is 5.56 Å². The van der Waals surface area contributed by atoms with Crippen LogP contribution in [0.5, 0.6) is 0 Å². The largest absolute Gasteiger partial charge is 0.350 e. The van der Waals surface area contributed by atoms with Gasteiger partial charge in [0.05, 0.1) is 11.9 Å². The first kappa shape index (κ1) is 12.2. The zero-order chi connectivity index (χ0) is 14.4. The van der Waals surface area contributed by atoms with Crippen molar-refractivity contribution < 1.29 is 0 Å². The van der Waals surface area contributed by atoms with Crippen LogP contribution >= 0.6 is 11.6 Å². The molecule has 102 valence electrons. The quantitative estimate of drug-likeness (QED) is 0.584. The van der Waals surface area contributed by atoms with Crippen LogP contribution in [0.25, 0.3) is 27.5 Å². The number of H-pyrrole nitrogens is 1. The van der Waals surface area contributed by atoms with Gasteiger partial charge in [0.1, 0.15) is 5.52 Å². The number of aromatic nitrogens is 3. The number of benzene rings is 2. The van der Waals surface area contributed by atoms with Gasteiger partial charge in [-0.1, -0.05) is 29.8 Å². The van der Waals surface area contributed by atoms with Crippen LogP contribution in [-0.2, 0) is 0 Å². The number of hydrogen-bond donors (Lipinski definition) is 1. The second kappa shape index (κ2) is 4.46. The Balaban J connectivity index is 2.04. The first-order valence-corrected chi connectivity index (χ1v) is 6.86. The van der Waals surface area contributed by atoms with Gasteiger partial charge >= 0.3 is 0 Å². The number of halogens is 1. The number of para-hydroxylation sites is 1. The van der Waals surface area contributed by atoms with Gasteiger partial charge in [0.15, 0.2) is 0 Å². The second-order valence-corrected chi connectivity index (χ2v) is 5.23. The summed E-state index contributed by atoms with van der Waals surface area (Å²) in [5.41, 5.74) is 2.00. The maximum atomic E-state index is 12.6. The van der Waals surface area contributed by atoms with Gasteiger partial charge in [-0.05, 0) is 30.3 Å². The summed E-state index contributed by atoms with van der Waals surface area (Å²) in [6, 6.07) is 14.8. The molecule has 2 aromatic heterocycles. The Morgan fingerprint density at radius 3 is 2.57 bits per heavy atom. The van der Waals surface area contributed by atoms with Crippen molar-refractivity contribution >= 4 is 33.4 Å². The molecule has 4 aromatic rings. The average molecular weight is 296 g/mol. The molecular formula is C16H10ClN3O. The topological polar surface area (TPSA) is 50.7 Å². The maximum absolute atomic E-state index is 12.6. The molecule has 2 heterocycles. The zero-order valence-electron chi connectivity index (χ0n) is 10.9. The zero-order valence-corrected chi connectivity index (χ0v) is 11.6. The van der Waals surface area contributed by atoms with E-state index in [2.05, 4.69) is 10.1 Å². The van der Waals surface area contributed by atoms with Crippen LogP contribution in [0.3, 0.4) is 0 Å². The number of nitrogens with one attached hydrogen (secondary N) is 1. The molecule has 4 rings (SSSR count). The molecule has 0 amide bonds. The Bertz CT molecular complexity index is 1020. The molecule has 4 nitrogen and oxygen atoms in total. The molecule has 0 bridgehead atoms. The highest BCUT2D eigenvalue weighted by molar-refractivity contribution is 6.30. The number of nitrogens with zero attached hydrogens (tertiary/aromatic N) is 2. The maximum Gasteiger partial charge on any atom is 0.295 e. The predicted molar refractivity (Wildman–Crippen MR) is 84.2 cm³/mol. The van der Waals surface area contributed by atoms with Gasteiger partial charge in [-0.25, -0.2) is 0 Å². The van der Waals surface area contributed by atoms with Gasteiger partial charge in [-0.15, -0.1) is 0 Å². The fourth-order valence-corrected chi connectivity index (χ4v) is 2.63. The van der Waals surface area contributed by atoms with E-state index in [1.807, 2.05) is 24.3 Å². The average Bonchev–Trinajstić information content (AvgIpc) is 2.89. The van der Waals surface area contributed by atoms with Gasteiger partial charge < -0.3 is 4.98 Å². The third kappa shape index (κ3) is 1.84. The fraction of sp³-hybridized carbons (Fsp3) is 0. The minimum Gasteiger partial charge on any atom is -0.350 e. The van der Waals surface area contributed by atoms with Crippen molar-refractivity contribution in [1.82, 2.24) is 14.8 Å². The van der Waals surface area contributed by atoms with Crippen molar-refractivity contribution in [2.24, 2.45) is 0 Å². The summed E-state index contributed by atoms with van der Waals surface area (Å²) in [4.78, 5) is 15.8. The van der Waals surface area contributed by atoms with E-state index in [0.29, 0.717) is 16.2 Å². The molecule has 0 fully saturated rings. The van der Waals surface area contributed by atoms with E-state index in [0.717, 1.165) is 16.3 Å². The molecule has 0 unspecified atom stereocenters. The SMILES string of the molecule is O=c1c2[nH]c3ccccc3c2cnn1-c1ccc(Cl)cc1. The first-order valence-electron chi connectivity index (χ1n) is 6.49. The molecular weight excluding hydrogens is 286 g/mol. The number of aromatic amines is 1. The number of fused-ring (bicyclic) bond motifs is 3. The molecule has 0 spiro atoms. The van der Waals surface area contributed by atoms with E-state index in [1.54, 1.807) is 30.5 Å². The Hall–Kier alpha value is -2.59. The van der Waals surface area contributed by atoms with E-state index >= 15 is 0 Å². The van der Waals surface area contributed by atoms with Gasteiger partial charge in [0.25, 0.3) is 5.56 Å². The third-order valence-electron chi connectivity index (χ3n) is 3.53. The summed E-state index contributed by atoms with van der Waals surface area (Å²) in [5.74, 6) is 0. The lowest BCUT2D eigenvalue weighted by molar-refractivity contribution is 0.819. The van der Waals surface area contributed by atoms with Crippen molar-refractivity contribution in [3.05, 3.63) is 70.1 Å². The van der Waals surface area contributed by atoms with E-state index in [1.165, 1.54) is 4.68 Å². The molecule has 5 heteroatoms. The molecule has 0 aliphatic rings. The van der Waals surface area contributed by atoms with Crippen molar-refractivity contribution in [1.29, 1.82) is 0 Å². The van der Waals surface area contributed by atoms with Crippen LogP contribution in [0.2, 0.25) is 5.02 Å². The highest BCUT2D eigenvalue weighted by atomic mass is 35.5. The van der Waals surface area contributed by atoms with Crippen LogP contribution in [0.15, 0.2) is 59.5 Å². The van der Waals surface area contributed by atoms with Crippen LogP contribution in [0.4, 0.5) is 0 Å². The van der Waals surface area contributed by atoms with Crippen LogP contribution in [0.1, 0.15) is 0 Å². The van der Waals surface area contributed by atoms with E-state index < -0.39 is 0 Å². The van der Waals surface area contributed by atoms with Crippen molar-refractivity contribution in [3.8, 4) is 5.69 Å². The summed E-state index contributed by atoms with van der Waals surface area (Å²) in [5, 5.41) is 6.73. The summed E-state index contributed by atoms with van der Waals surface area (Å²) >= 11 is 5.87. The third-order valence-corrected chi connectivity index (χ3v) is 3.78. The molecule has 0 atom stereocenters. The molecule has 1 N–H and O–H groups in total. The minimum atomic E-state index is -0.175. The summed E-state index contributed by atoms with van der Waals surface area (Å²) in [6.45, 7) is 0. The Labute approximate surface area is 124 Å². The summed E-state index contributed by atoms with van der Waals surface area (Å²) in [7, 11) is 0. The van der Waals surface area contributed by atoms with E-state index in [4.69, 9.17) is 11.6 Å². The summed E-state index contributed by atoms with van der Waals surface area (Å²) < 4.78 is 1.37. The standard InChI is InChI=1S/C16H10ClN3O/c17-10-5-7-11(8-6-10)20-16(21)15-13(9-18-20)12-3-1-2-4-14(12)19-15/h1-9,19H. The number of rotatable bonds is 1. The highest BCUT2D eigenvalue weighted by Gasteiger charge is 2.10. The van der Waals surface area contributed by atoms with Gasteiger partial charge in [0, 0.05) is 21.3 Å². The monoisotopic (exact) mass is 295 g/mol. The van der Waals surface area contributed by atoms with Crippen LogP contribution in [-0.4, -0.2) is 14.8 Å². The van der Waals surface area contributed by atoms with Gasteiger partial charge in [-0.3, -0.25) is 4.79 Å². The highest BCUT2D eigenvalue weighted by Crippen LogP contribution is 2.22. The molecule has 0 saturated heterocycles. The fourth-order valence-electron chi connectivity index (χ4n) is 2.51. The Morgan fingerprint density at radius 1 is 1.00 bits per heavy atom. The normalized spacial score (nSPS) is 11.3. The Morgan fingerprint density at radius 2 is 1.76 bits per heavy atom. The second-order valence-electron chi connectivity index (χ2n) is 4.80. The lowest BCUT2D eigenvalue weighted by Gasteiger charge is -2.04. The van der Waals surface area contributed by atoms with Gasteiger partial charge in [-0.2, -0.15) is 9.78 Å². The molecule has 0 aliphatic carbocycles. The lowest BCUT2D eigenvalue weighted by Crippen LogP contribution is -2.20. The van der Waals surface area contributed by atoms with Crippen molar-refractivity contribution in [2.75, 3.05) is 0 Å². The number of hydrogen-bond acceptors (Lipinski definition) is 2. The smallest absolute Gasteiger partial charge is 0.295 e. The summed E-state index contributed by atoms with van der Waals surface area (Å²) in [6.07, 6.45) is 1.71. The molecule has 2 aromatic carbocycles. The van der Waals surface area contributed by atoms with Crippen molar-refractivity contribution in [3.63, 3.8) is 0 Å². The molecule has 0 aliphatic heterocycles. The molecule has 0 radical (unpaired) electrons. The minimum absolute atomic E-state index is 0.175. The van der Waals surface area contributed by atoms with Crippen LogP contribution in [0, 0.1) is 0 Å². The predicted octanol–water partition coefficient (Wildman–Crippen LogP) is 3.52. The Kier molecular flexibility index (Phi) is 2.59. The van der Waals surface area contributed by atoms with E-state index in [9.17, 15) is 4.79 Å². The molecule has 0 saturated carbocycles. The first-order chi connectivity index (χ1) is 10.2. The lowest BCUT2D eigenvalue weighted by atomic mass is 10.2. The molecule has 21 heavy (non-hydrogen) atoms. The van der Waals surface area contributed by atoms with E-state index in [-0.39, 0.29) is 5.56 Å².